The third kappa shape index (κ3) is 4.44. The zero-order valence-electron chi connectivity index (χ0n) is 17.1. The van der Waals surface area contributed by atoms with Crippen molar-refractivity contribution in [3.05, 3.63) is 72.3 Å². The lowest BCUT2D eigenvalue weighted by Crippen LogP contribution is -2.21. The van der Waals surface area contributed by atoms with Crippen LogP contribution in [0.2, 0.25) is 0 Å². The van der Waals surface area contributed by atoms with E-state index in [2.05, 4.69) is 5.32 Å². The number of hydrogen-bond donors (Lipinski definition) is 3. The van der Waals surface area contributed by atoms with Crippen LogP contribution in [-0.2, 0) is 9.53 Å². The molecule has 0 bridgehead atoms. The lowest BCUT2D eigenvalue weighted by Gasteiger charge is -2.24. The number of hydrogen-bond acceptors (Lipinski definition) is 6. The maximum Gasteiger partial charge on any atom is 0.412 e. The Morgan fingerprint density at radius 1 is 1.06 bits per heavy atom. The van der Waals surface area contributed by atoms with Crippen LogP contribution in [0.15, 0.2) is 66.7 Å². The number of aliphatic carboxylic acids is 1. The van der Waals surface area contributed by atoms with Gasteiger partial charge in [0, 0.05) is 34.7 Å². The summed E-state index contributed by atoms with van der Waals surface area (Å²) in [6, 6.07) is 15.3. The van der Waals surface area contributed by atoms with E-state index in [1.807, 2.05) is 12.1 Å². The van der Waals surface area contributed by atoms with Gasteiger partial charge in [0.05, 0.1) is 0 Å². The molecule has 0 saturated heterocycles. The Balaban J connectivity index is 1.64. The number of benzene rings is 3. The molecule has 0 aromatic heterocycles. The molecule has 0 fully saturated rings. The zero-order chi connectivity index (χ0) is 22.7. The number of fused-ring (bicyclic) bond motifs is 2. The first kappa shape index (κ1) is 21.0. The van der Waals surface area contributed by atoms with Gasteiger partial charge in [-0.2, -0.15) is 0 Å². The number of carbonyl (C=O) groups is 2. The minimum Gasteiger partial charge on any atom is -0.507 e. The Labute approximate surface area is 183 Å². The summed E-state index contributed by atoms with van der Waals surface area (Å²) in [5.74, 6) is -0.370. The zero-order valence-corrected chi connectivity index (χ0v) is 17.1. The molecule has 0 saturated carbocycles. The van der Waals surface area contributed by atoms with Crippen molar-refractivity contribution in [1.29, 1.82) is 0 Å². The Hall–Kier alpha value is -4.20. The molecule has 32 heavy (non-hydrogen) atoms. The maximum atomic E-state index is 12.7. The number of aromatic hydroxyl groups is 1. The van der Waals surface area contributed by atoms with Crippen molar-refractivity contribution < 1.29 is 34.0 Å². The molecular weight excluding hydrogens is 414 g/mol. The Morgan fingerprint density at radius 2 is 1.81 bits per heavy atom. The lowest BCUT2D eigenvalue weighted by atomic mass is 9.92. The molecule has 3 aromatic rings. The SMILES string of the molecule is C[C@H](/C=C/C(=O)O)[C@@H](OC(=O)Nc1ccc2c(c1)OCO2)c1ccc(O)c2ccccc12. The van der Waals surface area contributed by atoms with Crippen LogP contribution in [0.4, 0.5) is 10.5 Å². The first-order valence-electron chi connectivity index (χ1n) is 9.91. The van der Waals surface area contributed by atoms with Gasteiger partial charge in [-0.05, 0) is 23.6 Å². The van der Waals surface area contributed by atoms with Gasteiger partial charge >= 0.3 is 12.1 Å². The van der Waals surface area contributed by atoms with Crippen molar-refractivity contribution in [1.82, 2.24) is 0 Å². The van der Waals surface area contributed by atoms with Crippen LogP contribution in [0.25, 0.3) is 10.8 Å². The van der Waals surface area contributed by atoms with E-state index in [4.69, 9.17) is 19.3 Å². The summed E-state index contributed by atoms with van der Waals surface area (Å²) in [5, 5.41) is 23.2. The highest BCUT2D eigenvalue weighted by Gasteiger charge is 2.25. The van der Waals surface area contributed by atoms with Crippen molar-refractivity contribution in [2.24, 2.45) is 5.92 Å². The van der Waals surface area contributed by atoms with E-state index in [-0.39, 0.29) is 12.5 Å². The second-order valence-corrected chi connectivity index (χ2v) is 7.29. The van der Waals surface area contributed by atoms with Gasteiger partial charge in [-0.25, -0.2) is 9.59 Å². The standard InChI is InChI=1S/C24H21NO7/c1-14(6-11-22(27)28)23(18-8-9-19(26)17-5-3-2-4-16(17)18)32-24(29)25-15-7-10-20-21(12-15)31-13-30-20/h2-12,14,23,26H,13H2,1H3,(H,25,29)(H,27,28)/b11-6+/t14-,23-/m1/s1. The van der Waals surface area contributed by atoms with Crippen LogP contribution in [-0.4, -0.2) is 29.1 Å². The van der Waals surface area contributed by atoms with Crippen molar-refractivity contribution in [3.8, 4) is 17.2 Å². The molecule has 3 N–H and O–H groups in total. The Bertz CT molecular complexity index is 1200. The number of ether oxygens (including phenoxy) is 3. The summed E-state index contributed by atoms with van der Waals surface area (Å²) in [6.45, 7) is 1.87. The number of carbonyl (C=O) groups excluding carboxylic acids is 1. The van der Waals surface area contributed by atoms with E-state index in [1.54, 1.807) is 43.3 Å². The van der Waals surface area contributed by atoms with Gasteiger partial charge < -0.3 is 24.4 Å². The van der Waals surface area contributed by atoms with E-state index in [1.165, 1.54) is 12.1 Å². The summed E-state index contributed by atoms with van der Waals surface area (Å²) in [5.41, 5.74) is 1.10. The molecule has 164 valence electrons. The third-order valence-corrected chi connectivity index (χ3v) is 5.11. The number of carboxylic acids is 1. The number of phenolic OH excluding ortho intramolecular Hbond substituents is 1. The highest BCUT2D eigenvalue weighted by atomic mass is 16.7. The predicted octanol–water partition coefficient (Wildman–Crippen LogP) is 4.84. The van der Waals surface area contributed by atoms with Crippen molar-refractivity contribution in [2.45, 2.75) is 13.0 Å². The van der Waals surface area contributed by atoms with Gasteiger partial charge in [0.25, 0.3) is 0 Å². The fourth-order valence-corrected chi connectivity index (χ4v) is 3.58. The Morgan fingerprint density at radius 3 is 2.59 bits per heavy atom. The monoisotopic (exact) mass is 435 g/mol. The fraction of sp³-hybridized carbons (Fsp3) is 0.167. The van der Waals surface area contributed by atoms with Gasteiger partial charge in [0.2, 0.25) is 6.79 Å². The summed E-state index contributed by atoms with van der Waals surface area (Å²) >= 11 is 0. The molecule has 0 unspecified atom stereocenters. The molecule has 0 aliphatic carbocycles. The average molecular weight is 435 g/mol. The van der Waals surface area contributed by atoms with Gasteiger partial charge in [-0.3, -0.25) is 5.32 Å². The minimum absolute atomic E-state index is 0.0987. The highest BCUT2D eigenvalue weighted by Crippen LogP contribution is 2.37. The van der Waals surface area contributed by atoms with Crippen molar-refractivity contribution >= 4 is 28.5 Å². The lowest BCUT2D eigenvalue weighted by molar-refractivity contribution is -0.131. The van der Waals surface area contributed by atoms with Crippen molar-refractivity contribution in [2.75, 3.05) is 12.1 Å². The van der Waals surface area contributed by atoms with E-state index < -0.39 is 24.1 Å². The van der Waals surface area contributed by atoms with Gasteiger partial charge in [-0.15, -0.1) is 0 Å². The molecule has 0 spiro atoms. The highest BCUT2D eigenvalue weighted by molar-refractivity contribution is 5.92. The molecule has 1 aliphatic rings. The van der Waals surface area contributed by atoms with Crippen LogP contribution in [0.5, 0.6) is 17.2 Å². The van der Waals surface area contributed by atoms with Gasteiger partial charge in [0.15, 0.2) is 11.5 Å². The molecule has 8 heteroatoms. The van der Waals surface area contributed by atoms with E-state index in [0.29, 0.717) is 33.5 Å². The molecule has 1 aliphatic heterocycles. The number of carboxylic acid groups (broad SMARTS) is 1. The van der Waals surface area contributed by atoms with Gasteiger partial charge in [0.1, 0.15) is 11.9 Å². The minimum atomic E-state index is -1.10. The molecule has 8 nitrogen and oxygen atoms in total. The number of phenols is 1. The molecule has 3 aromatic carbocycles. The largest absolute Gasteiger partial charge is 0.507 e. The molecule has 1 heterocycles. The first-order chi connectivity index (χ1) is 15.4. The second kappa shape index (κ2) is 8.89. The predicted molar refractivity (Wildman–Crippen MR) is 117 cm³/mol. The third-order valence-electron chi connectivity index (χ3n) is 5.11. The van der Waals surface area contributed by atoms with Crippen LogP contribution in [0.3, 0.4) is 0 Å². The van der Waals surface area contributed by atoms with Gasteiger partial charge in [-0.1, -0.05) is 43.3 Å². The van der Waals surface area contributed by atoms with Crippen LogP contribution in [0.1, 0.15) is 18.6 Å². The normalized spacial score (nSPS) is 14.3. The fourth-order valence-electron chi connectivity index (χ4n) is 3.58. The molecule has 2 atom stereocenters. The summed E-state index contributed by atoms with van der Waals surface area (Å²) < 4.78 is 16.3. The van der Waals surface area contributed by atoms with E-state index in [9.17, 15) is 14.7 Å². The van der Waals surface area contributed by atoms with Crippen LogP contribution < -0.4 is 14.8 Å². The summed E-state index contributed by atoms with van der Waals surface area (Å²) in [6.07, 6.45) is 0.939. The maximum absolute atomic E-state index is 12.7. The summed E-state index contributed by atoms with van der Waals surface area (Å²) in [7, 11) is 0. The summed E-state index contributed by atoms with van der Waals surface area (Å²) in [4.78, 5) is 23.8. The van der Waals surface area contributed by atoms with Crippen LogP contribution in [0, 0.1) is 5.92 Å². The second-order valence-electron chi connectivity index (χ2n) is 7.29. The Kier molecular flexibility index (Phi) is 5.85. The molecular formula is C24H21NO7. The topological polar surface area (TPSA) is 114 Å². The number of rotatable bonds is 6. The number of nitrogens with one attached hydrogen (secondary N) is 1. The molecule has 0 radical (unpaired) electrons. The number of amides is 1. The average Bonchev–Trinajstić information content (AvgIpc) is 3.24. The number of anilines is 1. The first-order valence-corrected chi connectivity index (χ1v) is 9.91. The molecule has 1 amide bonds. The van der Waals surface area contributed by atoms with Crippen LogP contribution >= 0.6 is 0 Å². The van der Waals surface area contributed by atoms with E-state index in [0.717, 1.165) is 6.08 Å². The smallest absolute Gasteiger partial charge is 0.412 e. The quantitative estimate of drug-likeness (QED) is 0.475. The van der Waals surface area contributed by atoms with E-state index >= 15 is 0 Å². The van der Waals surface area contributed by atoms with Crippen molar-refractivity contribution in [3.63, 3.8) is 0 Å². The molecule has 4 rings (SSSR count).